The molecule has 0 fully saturated rings. The summed E-state index contributed by atoms with van der Waals surface area (Å²) in [7, 11) is 0. The maximum atomic E-state index is 5.94. The fraction of sp³-hybridized carbons (Fsp3) is 0.571. The zero-order valence-electron chi connectivity index (χ0n) is 10.5. The van der Waals surface area contributed by atoms with E-state index >= 15 is 0 Å². The van der Waals surface area contributed by atoms with E-state index < -0.39 is 0 Å². The molecular formula is C14H22N2. The molecule has 0 aliphatic carbocycles. The highest BCUT2D eigenvalue weighted by molar-refractivity contribution is 5.40. The van der Waals surface area contributed by atoms with Crippen LogP contribution < -0.4 is 5.73 Å². The van der Waals surface area contributed by atoms with Crippen molar-refractivity contribution in [1.29, 1.82) is 0 Å². The average molecular weight is 218 g/mol. The van der Waals surface area contributed by atoms with Gasteiger partial charge < -0.3 is 5.73 Å². The molecule has 0 bridgehead atoms. The number of aryl methyl sites for hydroxylation is 1. The second-order valence-electron chi connectivity index (χ2n) is 4.82. The molecule has 0 radical (unpaired) electrons. The fourth-order valence-corrected chi connectivity index (χ4v) is 2.68. The summed E-state index contributed by atoms with van der Waals surface area (Å²) in [4.78, 5) is 2.54. The summed E-state index contributed by atoms with van der Waals surface area (Å²) in [5.41, 5.74) is 10.3. The van der Waals surface area contributed by atoms with Crippen LogP contribution in [-0.4, -0.2) is 17.5 Å². The zero-order valence-corrected chi connectivity index (χ0v) is 10.5. The zero-order chi connectivity index (χ0) is 11.7. The molecule has 0 spiro atoms. The number of benzene rings is 1. The Hall–Kier alpha value is -0.860. The van der Waals surface area contributed by atoms with Crippen LogP contribution in [-0.2, 0) is 6.54 Å². The van der Waals surface area contributed by atoms with E-state index in [2.05, 4.69) is 43.9 Å². The number of nitrogens with zero attached hydrogens (tertiary/aromatic N) is 1. The lowest BCUT2D eigenvalue weighted by atomic mass is 10.0. The lowest BCUT2D eigenvalue weighted by Gasteiger charge is -2.29. The van der Waals surface area contributed by atoms with Crippen LogP contribution in [0.4, 0.5) is 0 Å². The SMILES string of the molecule is CCC(C)N1Cc2c(C)cccc2C1CN. The van der Waals surface area contributed by atoms with Gasteiger partial charge in [-0.3, -0.25) is 4.90 Å². The van der Waals surface area contributed by atoms with E-state index in [1.54, 1.807) is 0 Å². The number of fused-ring (bicyclic) bond motifs is 1. The van der Waals surface area contributed by atoms with Crippen LogP contribution in [0.15, 0.2) is 18.2 Å². The van der Waals surface area contributed by atoms with Crippen molar-refractivity contribution in [2.75, 3.05) is 6.54 Å². The molecule has 2 heteroatoms. The fourth-order valence-electron chi connectivity index (χ4n) is 2.68. The Kier molecular flexibility index (Phi) is 3.31. The van der Waals surface area contributed by atoms with Crippen LogP contribution >= 0.6 is 0 Å². The van der Waals surface area contributed by atoms with E-state index in [1.165, 1.54) is 23.1 Å². The molecule has 0 aromatic heterocycles. The number of hydrogen-bond acceptors (Lipinski definition) is 2. The first-order valence-corrected chi connectivity index (χ1v) is 6.23. The predicted octanol–water partition coefficient (Wildman–Crippen LogP) is 2.61. The molecule has 2 rings (SSSR count). The number of hydrogen-bond donors (Lipinski definition) is 1. The van der Waals surface area contributed by atoms with Crippen molar-refractivity contribution >= 4 is 0 Å². The van der Waals surface area contributed by atoms with Crippen molar-refractivity contribution in [2.24, 2.45) is 5.73 Å². The van der Waals surface area contributed by atoms with Gasteiger partial charge in [-0.2, -0.15) is 0 Å². The van der Waals surface area contributed by atoms with Gasteiger partial charge in [0.05, 0.1) is 0 Å². The van der Waals surface area contributed by atoms with Crippen LogP contribution in [0.3, 0.4) is 0 Å². The normalized spacial score (nSPS) is 22.1. The Morgan fingerprint density at radius 2 is 2.25 bits per heavy atom. The molecule has 1 heterocycles. The Morgan fingerprint density at radius 3 is 2.88 bits per heavy atom. The highest BCUT2D eigenvalue weighted by Crippen LogP contribution is 2.36. The molecule has 2 N–H and O–H groups in total. The van der Waals surface area contributed by atoms with E-state index in [0.29, 0.717) is 12.1 Å². The second-order valence-corrected chi connectivity index (χ2v) is 4.82. The van der Waals surface area contributed by atoms with Crippen LogP contribution in [0.25, 0.3) is 0 Å². The van der Waals surface area contributed by atoms with Crippen molar-refractivity contribution in [1.82, 2.24) is 4.90 Å². The first kappa shape index (κ1) is 11.6. The minimum atomic E-state index is 0.421. The summed E-state index contributed by atoms with van der Waals surface area (Å²) in [5.74, 6) is 0. The van der Waals surface area contributed by atoms with E-state index in [-0.39, 0.29) is 0 Å². The lowest BCUT2D eigenvalue weighted by molar-refractivity contribution is 0.157. The van der Waals surface area contributed by atoms with Crippen molar-refractivity contribution in [3.63, 3.8) is 0 Å². The second kappa shape index (κ2) is 4.56. The summed E-state index contributed by atoms with van der Waals surface area (Å²) in [6.07, 6.45) is 1.18. The quantitative estimate of drug-likeness (QED) is 0.845. The van der Waals surface area contributed by atoms with Crippen molar-refractivity contribution < 1.29 is 0 Å². The Bertz CT molecular complexity index is 373. The molecular weight excluding hydrogens is 196 g/mol. The maximum Gasteiger partial charge on any atom is 0.0480 e. The smallest absolute Gasteiger partial charge is 0.0480 e. The Labute approximate surface area is 98.4 Å². The number of rotatable bonds is 3. The molecule has 1 aliphatic heterocycles. The van der Waals surface area contributed by atoms with E-state index in [9.17, 15) is 0 Å². The third-order valence-corrected chi connectivity index (χ3v) is 3.93. The largest absolute Gasteiger partial charge is 0.329 e. The van der Waals surface area contributed by atoms with Crippen molar-refractivity contribution in [3.05, 3.63) is 34.9 Å². The summed E-state index contributed by atoms with van der Waals surface area (Å²) >= 11 is 0. The molecule has 1 aromatic carbocycles. The molecule has 16 heavy (non-hydrogen) atoms. The third kappa shape index (κ3) is 1.76. The topological polar surface area (TPSA) is 29.3 Å². The predicted molar refractivity (Wildman–Crippen MR) is 68.3 cm³/mol. The van der Waals surface area contributed by atoms with Gasteiger partial charge in [-0.05, 0) is 37.0 Å². The molecule has 2 nitrogen and oxygen atoms in total. The van der Waals surface area contributed by atoms with Gasteiger partial charge in [-0.1, -0.05) is 25.1 Å². The first-order valence-electron chi connectivity index (χ1n) is 6.23. The summed E-state index contributed by atoms with van der Waals surface area (Å²) < 4.78 is 0. The van der Waals surface area contributed by atoms with Gasteiger partial charge >= 0.3 is 0 Å². The van der Waals surface area contributed by atoms with Crippen LogP contribution in [0.2, 0.25) is 0 Å². The van der Waals surface area contributed by atoms with E-state index in [0.717, 1.165) is 13.1 Å². The van der Waals surface area contributed by atoms with Gasteiger partial charge in [0.2, 0.25) is 0 Å². The van der Waals surface area contributed by atoms with E-state index in [4.69, 9.17) is 5.73 Å². The molecule has 88 valence electrons. The minimum absolute atomic E-state index is 0.421. The van der Waals surface area contributed by atoms with Gasteiger partial charge in [-0.15, -0.1) is 0 Å². The van der Waals surface area contributed by atoms with E-state index in [1.807, 2.05) is 0 Å². The molecule has 1 aromatic rings. The standard InChI is InChI=1S/C14H22N2/c1-4-11(3)16-9-13-10(2)6-5-7-12(13)14(16)8-15/h5-7,11,14H,4,8-9,15H2,1-3H3. The molecule has 2 unspecified atom stereocenters. The van der Waals surface area contributed by atoms with Gasteiger partial charge in [-0.25, -0.2) is 0 Å². The Morgan fingerprint density at radius 1 is 1.50 bits per heavy atom. The lowest BCUT2D eigenvalue weighted by Crippen LogP contribution is -2.34. The summed E-state index contributed by atoms with van der Waals surface area (Å²) in [6, 6.07) is 7.62. The van der Waals surface area contributed by atoms with Gasteiger partial charge in [0, 0.05) is 25.2 Å². The first-order chi connectivity index (χ1) is 7.69. The van der Waals surface area contributed by atoms with Crippen LogP contribution in [0.1, 0.15) is 43.0 Å². The molecule has 0 saturated heterocycles. The third-order valence-electron chi connectivity index (χ3n) is 3.93. The molecule has 1 aliphatic rings. The highest BCUT2D eigenvalue weighted by Gasteiger charge is 2.32. The molecule has 0 amide bonds. The number of nitrogens with two attached hydrogens (primary N) is 1. The monoisotopic (exact) mass is 218 g/mol. The van der Waals surface area contributed by atoms with Gasteiger partial charge in [0.25, 0.3) is 0 Å². The van der Waals surface area contributed by atoms with Crippen molar-refractivity contribution in [2.45, 2.75) is 45.8 Å². The highest BCUT2D eigenvalue weighted by atomic mass is 15.2. The molecule has 2 atom stereocenters. The summed E-state index contributed by atoms with van der Waals surface area (Å²) in [6.45, 7) is 8.53. The molecule has 0 saturated carbocycles. The van der Waals surface area contributed by atoms with Crippen LogP contribution in [0, 0.1) is 6.92 Å². The maximum absolute atomic E-state index is 5.94. The van der Waals surface area contributed by atoms with Crippen LogP contribution in [0.5, 0.6) is 0 Å². The summed E-state index contributed by atoms with van der Waals surface area (Å²) in [5, 5.41) is 0. The average Bonchev–Trinajstić information content (AvgIpc) is 2.68. The minimum Gasteiger partial charge on any atom is -0.329 e. The van der Waals surface area contributed by atoms with Gasteiger partial charge in [0.15, 0.2) is 0 Å². The van der Waals surface area contributed by atoms with Crippen molar-refractivity contribution in [3.8, 4) is 0 Å². The Balaban J connectivity index is 2.36. The van der Waals surface area contributed by atoms with Gasteiger partial charge in [0.1, 0.15) is 0 Å².